The number of carbonyl (C=O) groups excluding carboxylic acids is 1. The van der Waals surface area contributed by atoms with Crippen molar-refractivity contribution in [2.24, 2.45) is 0 Å². The lowest BCUT2D eigenvalue weighted by molar-refractivity contribution is -0.141. The highest BCUT2D eigenvalue weighted by atomic mass is 79.9. The molecule has 1 aromatic carbocycles. The fraction of sp³-hybridized carbons (Fsp3) is 0.294. The van der Waals surface area contributed by atoms with Crippen molar-refractivity contribution in [1.29, 1.82) is 0 Å². The van der Waals surface area contributed by atoms with E-state index in [1.165, 1.54) is 21.3 Å². The van der Waals surface area contributed by atoms with Gasteiger partial charge in [-0.05, 0) is 30.3 Å². The molecule has 1 saturated heterocycles. The van der Waals surface area contributed by atoms with Crippen molar-refractivity contribution < 1.29 is 26.4 Å². The molecular weight excluding hydrogens is 479 g/mol. The normalized spacial score (nSPS) is 16.1. The summed E-state index contributed by atoms with van der Waals surface area (Å²) in [6.45, 7) is 0.0112. The van der Waals surface area contributed by atoms with Crippen LogP contribution in [0, 0.1) is 0 Å². The Balaban J connectivity index is 1.72. The predicted octanol–water partition coefficient (Wildman–Crippen LogP) is 2.30. The fourth-order valence-electron chi connectivity index (χ4n) is 2.89. The fourth-order valence-corrected chi connectivity index (χ4v) is 4.91. The van der Waals surface area contributed by atoms with Gasteiger partial charge >= 0.3 is 6.18 Å². The van der Waals surface area contributed by atoms with E-state index in [-0.39, 0.29) is 31.1 Å². The van der Waals surface area contributed by atoms with Gasteiger partial charge < -0.3 is 9.88 Å². The number of aromatic amines is 1. The van der Waals surface area contributed by atoms with Crippen LogP contribution < -0.4 is 5.56 Å². The van der Waals surface area contributed by atoms with Crippen LogP contribution in [0.5, 0.6) is 0 Å². The molecule has 12 heteroatoms. The zero-order valence-electron chi connectivity index (χ0n) is 14.7. The van der Waals surface area contributed by atoms with Crippen molar-refractivity contribution in [2.75, 3.05) is 26.2 Å². The SMILES string of the molecule is O=C(c1ccc(C(F)(F)F)[nH]c1=O)N1CCN(S(=O)(=O)c2cccc(Br)c2)CC1. The molecule has 29 heavy (non-hydrogen) atoms. The Bertz CT molecular complexity index is 1090. The van der Waals surface area contributed by atoms with Crippen molar-refractivity contribution in [3.05, 3.63) is 62.5 Å². The van der Waals surface area contributed by atoms with Gasteiger partial charge in [-0.2, -0.15) is 17.5 Å². The number of nitrogens with one attached hydrogen (secondary N) is 1. The number of hydrogen-bond donors (Lipinski definition) is 1. The zero-order valence-corrected chi connectivity index (χ0v) is 17.1. The van der Waals surface area contributed by atoms with Crippen LogP contribution >= 0.6 is 15.9 Å². The van der Waals surface area contributed by atoms with Gasteiger partial charge in [0.25, 0.3) is 11.5 Å². The number of H-pyrrole nitrogens is 1. The second kappa shape index (κ2) is 7.92. The topological polar surface area (TPSA) is 90.6 Å². The lowest BCUT2D eigenvalue weighted by Crippen LogP contribution is -2.51. The zero-order chi connectivity index (χ0) is 21.4. The molecule has 1 aliphatic rings. The molecule has 1 N–H and O–H groups in total. The standard InChI is InChI=1S/C17H15BrF3N3O4S/c18-11-2-1-3-12(10-11)29(27,28)24-8-6-23(7-9-24)16(26)13-4-5-14(17(19,20)21)22-15(13)25/h1-5,10H,6-9H2,(H,22,25). The highest BCUT2D eigenvalue weighted by molar-refractivity contribution is 9.10. The Morgan fingerprint density at radius 3 is 2.28 bits per heavy atom. The molecular formula is C17H15BrF3N3O4S. The molecule has 7 nitrogen and oxygen atoms in total. The molecule has 0 radical (unpaired) electrons. The van der Waals surface area contributed by atoms with Gasteiger partial charge in [-0.3, -0.25) is 9.59 Å². The van der Waals surface area contributed by atoms with Crippen LogP contribution in [0.15, 0.2) is 50.6 Å². The molecule has 0 atom stereocenters. The van der Waals surface area contributed by atoms with Crippen LogP contribution in [-0.4, -0.2) is 54.7 Å². The number of aromatic nitrogens is 1. The Hall–Kier alpha value is -2.18. The molecule has 2 aromatic rings. The largest absolute Gasteiger partial charge is 0.431 e. The number of piperazine rings is 1. The number of halogens is 4. The van der Waals surface area contributed by atoms with E-state index < -0.39 is 38.9 Å². The molecule has 2 heterocycles. The summed E-state index contributed by atoms with van der Waals surface area (Å²) in [6.07, 6.45) is -4.73. The molecule has 0 unspecified atom stereocenters. The molecule has 3 rings (SSSR count). The Morgan fingerprint density at radius 1 is 1.07 bits per heavy atom. The van der Waals surface area contributed by atoms with Crippen LogP contribution in [0.2, 0.25) is 0 Å². The molecule has 1 fully saturated rings. The van der Waals surface area contributed by atoms with Crippen molar-refractivity contribution in [1.82, 2.24) is 14.2 Å². The first-order valence-electron chi connectivity index (χ1n) is 8.35. The number of pyridine rings is 1. The van der Waals surface area contributed by atoms with E-state index in [1.54, 1.807) is 17.1 Å². The van der Waals surface area contributed by atoms with Crippen molar-refractivity contribution >= 4 is 31.9 Å². The third-order valence-electron chi connectivity index (χ3n) is 4.41. The number of alkyl halides is 3. The molecule has 1 amide bonds. The summed E-state index contributed by atoms with van der Waals surface area (Å²) in [6, 6.07) is 7.66. The Labute approximate surface area is 172 Å². The number of nitrogens with zero attached hydrogens (tertiary/aromatic N) is 2. The van der Waals surface area contributed by atoms with Gasteiger partial charge in [-0.15, -0.1) is 0 Å². The lowest BCUT2D eigenvalue weighted by atomic mass is 10.2. The molecule has 0 aliphatic carbocycles. The summed E-state index contributed by atoms with van der Waals surface area (Å²) in [4.78, 5) is 27.4. The second-order valence-electron chi connectivity index (χ2n) is 6.27. The molecule has 0 spiro atoms. The maximum absolute atomic E-state index is 12.7. The Kier molecular flexibility index (Phi) is 5.88. The lowest BCUT2D eigenvalue weighted by Gasteiger charge is -2.34. The number of hydrogen-bond acceptors (Lipinski definition) is 4. The van der Waals surface area contributed by atoms with Gasteiger partial charge in [-0.25, -0.2) is 8.42 Å². The van der Waals surface area contributed by atoms with E-state index in [2.05, 4.69) is 15.9 Å². The molecule has 1 aliphatic heterocycles. The summed E-state index contributed by atoms with van der Waals surface area (Å²) < 4.78 is 65.2. The first kappa shape index (κ1) is 21.5. The van der Waals surface area contributed by atoms with Gasteiger partial charge in [0.05, 0.1) is 4.90 Å². The number of rotatable bonds is 3. The first-order valence-corrected chi connectivity index (χ1v) is 10.6. The number of sulfonamides is 1. The van der Waals surface area contributed by atoms with E-state index in [0.717, 1.165) is 6.07 Å². The van der Waals surface area contributed by atoms with E-state index >= 15 is 0 Å². The minimum atomic E-state index is -4.73. The van der Waals surface area contributed by atoms with Gasteiger partial charge in [0.2, 0.25) is 10.0 Å². The summed E-state index contributed by atoms with van der Waals surface area (Å²) in [5.74, 6) is -0.750. The average molecular weight is 494 g/mol. The third kappa shape index (κ3) is 4.54. The van der Waals surface area contributed by atoms with E-state index in [4.69, 9.17) is 0 Å². The van der Waals surface area contributed by atoms with Crippen LogP contribution in [0.1, 0.15) is 16.1 Å². The van der Waals surface area contributed by atoms with Crippen LogP contribution in [0.4, 0.5) is 13.2 Å². The van der Waals surface area contributed by atoms with Gasteiger partial charge in [0.15, 0.2) is 0 Å². The van der Waals surface area contributed by atoms with Crippen LogP contribution in [0.25, 0.3) is 0 Å². The summed E-state index contributed by atoms with van der Waals surface area (Å²) in [7, 11) is -3.76. The maximum atomic E-state index is 12.7. The highest BCUT2D eigenvalue weighted by Gasteiger charge is 2.34. The van der Waals surface area contributed by atoms with Crippen molar-refractivity contribution in [3.8, 4) is 0 Å². The minimum Gasteiger partial charge on any atom is -0.336 e. The second-order valence-corrected chi connectivity index (χ2v) is 9.12. The third-order valence-corrected chi connectivity index (χ3v) is 6.79. The highest BCUT2D eigenvalue weighted by Crippen LogP contribution is 2.26. The molecule has 0 saturated carbocycles. The van der Waals surface area contributed by atoms with Crippen LogP contribution in [0.3, 0.4) is 0 Å². The smallest absolute Gasteiger partial charge is 0.336 e. The molecule has 1 aromatic heterocycles. The van der Waals surface area contributed by atoms with Crippen LogP contribution in [-0.2, 0) is 16.2 Å². The number of amides is 1. The van der Waals surface area contributed by atoms with Crippen molar-refractivity contribution in [3.63, 3.8) is 0 Å². The maximum Gasteiger partial charge on any atom is 0.431 e. The van der Waals surface area contributed by atoms with E-state index in [9.17, 15) is 31.2 Å². The monoisotopic (exact) mass is 493 g/mol. The summed E-state index contributed by atoms with van der Waals surface area (Å²) in [5.41, 5.74) is -2.82. The van der Waals surface area contributed by atoms with Gasteiger partial charge in [0, 0.05) is 30.7 Å². The average Bonchev–Trinajstić information content (AvgIpc) is 2.67. The number of carbonyl (C=O) groups is 1. The quantitative estimate of drug-likeness (QED) is 0.710. The van der Waals surface area contributed by atoms with E-state index in [1.807, 2.05) is 0 Å². The minimum absolute atomic E-state index is 0.000867. The Morgan fingerprint density at radius 2 is 1.72 bits per heavy atom. The summed E-state index contributed by atoms with van der Waals surface area (Å²) in [5, 5.41) is 0. The summed E-state index contributed by atoms with van der Waals surface area (Å²) >= 11 is 3.22. The van der Waals surface area contributed by atoms with Gasteiger partial charge in [0.1, 0.15) is 11.3 Å². The van der Waals surface area contributed by atoms with Crippen molar-refractivity contribution in [2.45, 2.75) is 11.1 Å². The first-order chi connectivity index (χ1) is 13.5. The predicted molar refractivity (Wildman–Crippen MR) is 101 cm³/mol. The van der Waals surface area contributed by atoms with Gasteiger partial charge in [-0.1, -0.05) is 22.0 Å². The molecule has 156 valence electrons. The van der Waals surface area contributed by atoms with E-state index in [0.29, 0.717) is 10.5 Å². The molecule has 0 bridgehead atoms. The number of benzene rings is 1.